The molecule has 0 N–H and O–H groups in total. The molecule has 0 saturated heterocycles. The second-order valence-corrected chi connectivity index (χ2v) is 16.4. The minimum absolute atomic E-state index is 0.0303. The maximum atomic E-state index is 7.31. The summed E-state index contributed by atoms with van der Waals surface area (Å²) in [6.07, 6.45) is 0. The van der Waals surface area contributed by atoms with E-state index in [0.717, 1.165) is 44.7 Å². The predicted molar refractivity (Wildman–Crippen MR) is 244 cm³/mol. The van der Waals surface area contributed by atoms with Crippen LogP contribution < -0.4 is 4.74 Å². The molecule has 0 aromatic heterocycles. The fourth-order valence-corrected chi connectivity index (χ4v) is 9.95. The third kappa shape index (κ3) is 4.83. The van der Waals surface area contributed by atoms with Gasteiger partial charge in [-0.25, -0.2) is 0 Å². The molecule has 10 aromatic carbocycles. The lowest BCUT2D eigenvalue weighted by molar-refractivity contribution is 0.491. The number of para-hydroxylation sites is 1. The van der Waals surface area contributed by atoms with E-state index in [1.165, 1.54) is 77.0 Å². The minimum Gasteiger partial charge on any atom is -0.455 e. The highest BCUT2D eigenvalue weighted by atomic mass is 16.5. The summed E-state index contributed by atoms with van der Waals surface area (Å²) in [5.74, 6) is 1.82. The zero-order valence-electron chi connectivity index (χ0n) is 32.4. The first-order chi connectivity index (χ1) is 28.5. The average Bonchev–Trinajstić information content (AvgIpc) is 3.51. The summed E-state index contributed by atoms with van der Waals surface area (Å²) in [7, 11) is 0. The van der Waals surface area contributed by atoms with E-state index in [4.69, 9.17) is 4.74 Å². The third-order valence-corrected chi connectivity index (χ3v) is 12.8. The Bertz CT molecular complexity index is 3320. The Morgan fingerprint density at radius 1 is 0.328 bits per heavy atom. The number of fused-ring (bicyclic) bond motifs is 8. The van der Waals surface area contributed by atoms with Gasteiger partial charge < -0.3 is 4.74 Å². The topological polar surface area (TPSA) is 9.23 Å². The van der Waals surface area contributed by atoms with Crippen LogP contribution in [0.3, 0.4) is 0 Å². The fraction of sp³-hybridized carbons (Fsp3) is 0.0526. The van der Waals surface area contributed by atoms with Crippen molar-refractivity contribution < 1.29 is 4.74 Å². The number of rotatable bonds is 4. The summed E-state index contributed by atoms with van der Waals surface area (Å²) in [4.78, 5) is 0. The molecule has 58 heavy (non-hydrogen) atoms. The molecule has 0 saturated carbocycles. The first-order valence-electron chi connectivity index (χ1n) is 20.2. The van der Waals surface area contributed by atoms with Crippen LogP contribution in [0.2, 0.25) is 0 Å². The molecule has 1 aliphatic heterocycles. The van der Waals surface area contributed by atoms with Crippen LogP contribution in [0.25, 0.3) is 99.1 Å². The molecule has 1 heterocycles. The van der Waals surface area contributed by atoms with Crippen molar-refractivity contribution in [2.45, 2.75) is 19.3 Å². The van der Waals surface area contributed by atoms with Gasteiger partial charge in [-0.1, -0.05) is 184 Å². The highest BCUT2D eigenvalue weighted by Crippen LogP contribution is 2.56. The van der Waals surface area contributed by atoms with Crippen molar-refractivity contribution in [3.05, 3.63) is 205 Å². The Balaban J connectivity index is 0.986. The lowest BCUT2D eigenvalue weighted by Crippen LogP contribution is -2.14. The Morgan fingerprint density at radius 3 is 1.74 bits per heavy atom. The molecule has 0 radical (unpaired) electrons. The maximum absolute atomic E-state index is 7.31. The van der Waals surface area contributed by atoms with E-state index >= 15 is 0 Å². The van der Waals surface area contributed by atoms with Crippen molar-refractivity contribution in [1.29, 1.82) is 0 Å². The average molecular weight is 739 g/mol. The highest BCUT2D eigenvalue weighted by Gasteiger charge is 2.35. The highest BCUT2D eigenvalue weighted by molar-refractivity contribution is 6.23. The summed E-state index contributed by atoms with van der Waals surface area (Å²) in [5.41, 5.74) is 17.2. The van der Waals surface area contributed by atoms with Gasteiger partial charge in [0.2, 0.25) is 0 Å². The van der Waals surface area contributed by atoms with E-state index < -0.39 is 0 Å². The lowest BCUT2D eigenvalue weighted by atomic mass is 9.81. The molecule has 2 aliphatic rings. The third-order valence-electron chi connectivity index (χ3n) is 12.8. The van der Waals surface area contributed by atoms with Gasteiger partial charge in [0.1, 0.15) is 11.5 Å². The monoisotopic (exact) mass is 738 g/mol. The normalized spacial score (nSPS) is 13.3. The van der Waals surface area contributed by atoms with Crippen molar-refractivity contribution in [3.8, 4) is 78.3 Å². The van der Waals surface area contributed by atoms with Gasteiger partial charge >= 0.3 is 0 Å². The van der Waals surface area contributed by atoms with E-state index in [1.807, 2.05) is 0 Å². The van der Waals surface area contributed by atoms with Crippen molar-refractivity contribution in [3.63, 3.8) is 0 Å². The van der Waals surface area contributed by atoms with E-state index in [9.17, 15) is 0 Å². The Labute approximate surface area is 338 Å². The summed E-state index contributed by atoms with van der Waals surface area (Å²) in [6.45, 7) is 4.70. The maximum Gasteiger partial charge on any atom is 0.144 e. The van der Waals surface area contributed by atoms with Crippen molar-refractivity contribution in [2.24, 2.45) is 0 Å². The van der Waals surface area contributed by atoms with Crippen LogP contribution in [0.5, 0.6) is 11.5 Å². The molecular formula is C57H38O. The van der Waals surface area contributed by atoms with E-state index in [1.54, 1.807) is 0 Å². The van der Waals surface area contributed by atoms with Gasteiger partial charge in [0.25, 0.3) is 0 Å². The molecule has 0 unspecified atom stereocenters. The van der Waals surface area contributed by atoms with E-state index in [0.29, 0.717) is 0 Å². The quantitative estimate of drug-likeness (QED) is 0.163. The van der Waals surface area contributed by atoms with Crippen LogP contribution in [-0.4, -0.2) is 0 Å². The van der Waals surface area contributed by atoms with Gasteiger partial charge in [0.15, 0.2) is 0 Å². The molecule has 0 amide bonds. The molecule has 12 rings (SSSR count). The first kappa shape index (κ1) is 33.0. The van der Waals surface area contributed by atoms with Gasteiger partial charge in [-0.05, 0) is 112 Å². The van der Waals surface area contributed by atoms with Crippen molar-refractivity contribution in [2.75, 3.05) is 0 Å². The molecule has 1 heteroatoms. The number of hydrogen-bond acceptors (Lipinski definition) is 1. The molecule has 0 spiro atoms. The zero-order chi connectivity index (χ0) is 38.5. The fourth-order valence-electron chi connectivity index (χ4n) is 9.95. The SMILES string of the molecule is CC1(C)c2ccccc2-c2ccc(-c3ccc4cc(-c5cccc6c5Oc5c(-c7ccccc7)c7ccc(-c8ccccc8)cc7c7cccc-6c57)ccc4c3)cc21. The summed E-state index contributed by atoms with van der Waals surface area (Å²) < 4.78 is 7.31. The van der Waals surface area contributed by atoms with Crippen LogP contribution >= 0.6 is 0 Å². The molecule has 1 nitrogen and oxygen atoms in total. The second kappa shape index (κ2) is 12.4. The standard InChI is InChI=1S/C57H38O/c1-57(2)51-22-10-9-17-44(51)45-29-27-41(34-52(45)57)38-23-24-39-32-42(26-25-37(39)31-38)43-18-11-21-49-46-19-12-20-47-50-33-40(35-13-5-3-6-14-35)28-30-48(50)53(36-15-7-4-8-16-36)56(54(46)47)58-55(43)49/h3-34H,1-2H3. The number of hydrogen-bond donors (Lipinski definition) is 0. The summed E-state index contributed by atoms with van der Waals surface area (Å²) in [5, 5.41) is 7.20. The van der Waals surface area contributed by atoms with E-state index in [-0.39, 0.29) is 5.41 Å². The van der Waals surface area contributed by atoms with Gasteiger partial charge in [-0.2, -0.15) is 0 Å². The Kier molecular flexibility index (Phi) is 7.04. The molecule has 272 valence electrons. The summed E-state index contributed by atoms with van der Waals surface area (Å²) >= 11 is 0. The number of ether oxygens (including phenoxy) is 1. The molecule has 0 bridgehead atoms. The Morgan fingerprint density at radius 2 is 0.914 bits per heavy atom. The number of benzene rings is 10. The second-order valence-electron chi connectivity index (χ2n) is 16.4. The molecular weight excluding hydrogens is 701 g/mol. The predicted octanol–water partition coefficient (Wildman–Crippen LogP) is 15.9. The molecule has 0 fully saturated rings. The Hall–Kier alpha value is -7.22. The van der Waals surface area contributed by atoms with Gasteiger partial charge in [-0.15, -0.1) is 0 Å². The summed E-state index contributed by atoms with van der Waals surface area (Å²) in [6, 6.07) is 71.2. The lowest BCUT2D eigenvalue weighted by Gasteiger charge is -2.27. The minimum atomic E-state index is -0.0303. The first-order valence-corrected chi connectivity index (χ1v) is 20.2. The van der Waals surface area contributed by atoms with Crippen molar-refractivity contribution in [1.82, 2.24) is 0 Å². The van der Waals surface area contributed by atoms with Crippen LogP contribution in [-0.2, 0) is 5.41 Å². The molecule has 1 aliphatic carbocycles. The molecule has 10 aromatic rings. The zero-order valence-corrected chi connectivity index (χ0v) is 32.4. The van der Waals surface area contributed by atoms with Crippen LogP contribution in [0.15, 0.2) is 194 Å². The van der Waals surface area contributed by atoms with Gasteiger partial charge in [0, 0.05) is 27.5 Å². The molecule has 0 atom stereocenters. The van der Waals surface area contributed by atoms with Crippen LogP contribution in [0.4, 0.5) is 0 Å². The van der Waals surface area contributed by atoms with Crippen molar-refractivity contribution >= 4 is 32.3 Å². The van der Waals surface area contributed by atoms with Crippen LogP contribution in [0.1, 0.15) is 25.0 Å². The largest absolute Gasteiger partial charge is 0.455 e. The van der Waals surface area contributed by atoms with Gasteiger partial charge in [0.05, 0.1) is 0 Å². The van der Waals surface area contributed by atoms with E-state index in [2.05, 4.69) is 208 Å². The smallest absolute Gasteiger partial charge is 0.144 e. The van der Waals surface area contributed by atoms with Crippen LogP contribution in [0, 0.1) is 0 Å². The van der Waals surface area contributed by atoms with Gasteiger partial charge in [-0.3, -0.25) is 0 Å².